The van der Waals surface area contributed by atoms with E-state index in [4.69, 9.17) is 0 Å². The van der Waals surface area contributed by atoms with Crippen LogP contribution in [0.5, 0.6) is 0 Å². The molecule has 2 aliphatic rings. The average molecular weight is 222 g/mol. The molecule has 3 unspecified atom stereocenters. The molecule has 0 heterocycles. The molecule has 0 spiro atoms. The van der Waals surface area contributed by atoms with Gasteiger partial charge in [0.05, 0.1) is 0 Å². The molecule has 0 radical (unpaired) electrons. The van der Waals surface area contributed by atoms with Gasteiger partial charge in [-0.05, 0) is 24.7 Å². The minimum absolute atomic E-state index is 0.0921. The second kappa shape index (κ2) is 4.28. The summed E-state index contributed by atoms with van der Waals surface area (Å²) < 4.78 is 0. The summed E-state index contributed by atoms with van der Waals surface area (Å²) in [6.07, 6.45) is 6.48. The summed E-state index contributed by atoms with van der Waals surface area (Å²) in [5.41, 5.74) is 0. The monoisotopic (exact) mass is 222 g/mol. The van der Waals surface area contributed by atoms with Crippen molar-refractivity contribution in [3.8, 4) is 0 Å². The Kier molecular flexibility index (Phi) is 2.99. The van der Waals surface area contributed by atoms with Crippen molar-refractivity contribution >= 4 is 11.8 Å². The Morgan fingerprint density at radius 1 is 1.12 bits per heavy atom. The highest BCUT2D eigenvalue weighted by molar-refractivity contribution is 5.76. The van der Waals surface area contributed by atoms with Crippen LogP contribution in [0.4, 0.5) is 0 Å². The van der Waals surface area contributed by atoms with Crippen molar-refractivity contribution in [2.24, 2.45) is 17.8 Å². The molecule has 0 saturated heterocycles. The van der Waals surface area contributed by atoms with E-state index >= 15 is 0 Å². The summed E-state index contributed by atoms with van der Waals surface area (Å²) in [6.45, 7) is 2.97. The molecule has 4 heteroatoms. The molecule has 2 rings (SSSR count). The van der Waals surface area contributed by atoms with E-state index in [0.29, 0.717) is 17.8 Å². The first-order valence-electron chi connectivity index (χ1n) is 5.79. The van der Waals surface area contributed by atoms with Crippen molar-refractivity contribution in [2.45, 2.75) is 32.9 Å². The zero-order chi connectivity index (χ0) is 11.7. The van der Waals surface area contributed by atoms with Crippen molar-refractivity contribution in [2.75, 3.05) is 0 Å². The van der Waals surface area contributed by atoms with Crippen LogP contribution < -0.4 is 10.6 Å². The van der Waals surface area contributed by atoms with E-state index in [0.717, 1.165) is 6.42 Å². The normalized spacial score (nSPS) is 30.8. The first-order chi connectivity index (χ1) is 7.56. The molecule has 2 bridgehead atoms. The van der Waals surface area contributed by atoms with Gasteiger partial charge in [0.2, 0.25) is 11.8 Å². The number of carbonyl (C=O) groups excluding carboxylic acids is 2. The van der Waals surface area contributed by atoms with Crippen LogP contribution in [-0.2, 0) is 9.59 Å². The molecular weight excluding hydrogens is 204 g/mol. The Balaban J connectivity index is 2.03. The Morgan fingerprint density at radius 3 is 2.12 bits per heavy atom. The lowest BCUT2D eigenvalue weighted by molar-refractivity contribution is -0.123. The topological polar surface area (TPSA) is 58.2 Å². The highest BCUT2D eigenvalue weighted by Gasteiger charge is 2.40. The summed E-state index contributed by atoms with van der Waals surface area (Å²) in [7, 11) is 0. The van der Waals surface area contributed by atoms with Gasteiger partial charge in [-0.3, -0.25) is 9.59 Å². The fourth-order valence-corrected chi connectivity index (χ4v) is 2.89. The van der Waals surface area contributed by atoms with Crippen molar-refractivity contribution in [3.63, 3.8) is 0 Å². The third-order valence-electron chi connectivity index (χ3n) is 3.48. The molecule has 0 aromatic heterocycles. The third-order valence-corrected chi connectivity index (χ3v) is 3.48. The zero-order valence-corrected chi connectivity index (χ0v) is 9.69. The van der Waals surface area contributed by atoms with Crippen LogP contribution in [0.25, 0.3) is 0 Å². The number of rotatable bonds is 3. The van der Waals surface area contributed by atoms with Crippen LogP contribution in [0, 0.1) is 17.8 Å². The number of hydrogen-bond acceptors (Lipinski definition) is 2. The van der Waals surface area contributed by atoms with E-state index in [-0.39, 0.29) is 18.0 Å². The lowest BCUT2D eigenvalue weighted by Crippen LogP contribution is -2.52. The highest BCUT2D eigenvalue weighted by atomic mass is 16.2. The summed E-state index contributed by atoms with van der Waals surface area (Å²) >= 11 is 0. The van der Waals surface area contributed by atoms with Gasteiger partial charge in [-0.2, -0.15) is 0 Å². The van der Waals surface area contributed by atoms with Crippen LogP contribution in [-0.4, -0.2) is 18.0 Å². The Hall–Kier alpha value is -1.32. The molecule has 1 fully saturated rings. The van der Waals surface area contributed by atoms with E-state index in [9.17, 15) is 9.59 Å². The lowest BCUT2D eigenvalue weighted by Gasteiger charge is -2.29. The Bertz CT molecular complexity index is 322. The zero-order valence-electron chi connectivity index (χ0n) is 9.69. The fraction of sp³-hybridized carbons (Fsp3) is 0.667. The second-order valence-electron chi connectivity index (χ2n) is 4.82. The molecule has 0 aromatic rings. The molecule has 2 amide bonds. The molecule has 0 aliphatic heterocycles. The summed E-state index contributed by atoms with van der Waals surface area (Å²) in [6, 6.07) is 0. The van der Waals surface area contributed by atoms with Crippen LogP contribution in [0.15, 0.2) is 12.2 Å². The van der Waals surface area contributed by atoms with E-state index < -0.39 is 0 Å². The third kappa shape index (κ3) is 2.26. The highest BCUT2D eigenvalue weighted by Crippen LogP contribution is 2.44. The quantitative estimate of drug-likeness (QED) is 0.548. The van der Waals surface area contributed by atoms with Crippen LogP contribution in [0.1, 0.15) is 26.7 Å². The van der Waals surface area contributed by atoms with Gasteiger partial charge in [0, 0.05) is 19.8 Å². The van der Waals surface area contributed by atoms with Gasteiger partial charge < -0.3 is 10.6 Å². The minimum atomic E-state index is -0.213. The summed E-state index contributed by atoms with van der Waals surface area (Å²) in [4.78, 5) is 22.2. The van der Waals surface area contributed by atoms with Gasteiger partial charge in [0.25, 0.3) is 0 Å². The van der Waals surface area contributed by atoms with Gasteiger partial charge in [-0.15, -0.1) is 0 Å². The van der Waals surface area contributed by atoms with Crippen molar-refractivity contribution in [3.05, 3.63) is 12.2 Å². The molecule has 4 nitrogen and oxygen atoms in total. The maximum absolute atomic E-state index is 11.1. The summed E-state index contributed by atoms with van der Waals surface area (Å²) in [5.74, 6) is 1.31. The first-order valence-corrected chi connectivity index (χ1v) is 5.79. The molecular formula is C12H18N2O2. The van der Waals surface area contributed by atoms with Gasteiger partial charge in [-0.25, -0.2) is 0 Å². The van der Waals surface area contributed by atoms with Gasteiger partial charge in [-0.1, -0.05) is 12.2 Å². The minimum Gasteiger partial charge on any atom is -0.336 e. The number of fused-ring (bicyclic) bond motifs is 2. The van der Waals surface area contributed by atoms with E-state index in [1.165, 1.54) is 20.3 Å². The number of allylic oxidation sites excluding steroid dienone is 2. The van der Waals surface area contributed by atoms with E-state index in [1.807, 2.05) is 0 Å². The SMILES string of the molecule is CC(=O)NC(NC(C)=O)C1CC2C=CC1C2. The lowest BCUT2D eigenvalue weighted by atomic mass is 9.90. The van der Waals surface area contributed by atoms with Gasteiger partial charge >= 0.3 is 0 Å². The number of nitrogens with one attached hydrogen (secondary N) is 2. The largest absolute Gasteiger partial charge is 0.336 e. The fourth-order valence-electron chi connectivity index (χ4n) is 2.89. The maximum Gasteiger partial charge on any atom is 0.218 e. The standard InChI is InChI=1S/C12H18N2O2/c1-7(15)13-12(14-8(2)16)11-6-9-3-4-10(11)5-9/h3-4,9-12H,5-6H2,1-2H3,(H,13,15)(H,14,16). The Morgan fingerprint density at radius 2 is 1.75 bits per heavy atom. The average Bonchev–Trinajstić information content (AvgIpc) is 2.75. The van der Waals surface area contributed by atoms with Crippen LogP contribution in [0.2, 0.25) is 0 Å². The van der Waals surface area contributed by atoms with E-state index in [2.05, 4.69) is 22.8 Å². The van der Waals surface area contributed by atoms with Crippen molar-refractivity contribution in [1.82, 2.24) is 10.6 Å². The molecule has 16 heavy (non-hydrogen) atoms. The van der Waals surface area contributed by atoms with Gasteiger partial charge in [0.15, 0.2) is 0 Å². The van der Waals surface area contributed by atoms with Crippen molar-refractivity contribution < 1.29 is 9.59 Å². The molecule has 1 saturated carbocycles. The number of hydrogen-bond donors (Lipinski definition) is 2. The van der Waals surface area contributed by atoms with Crippen LogP contribution >= 0.6 is 0 Å². The Labute approximate surface area is 95.5 Å². The number of carbonyl (C=O) groups is 2. The molecule has 2 N–H and O–H groups in total. The van der Waals surface area contributed by atoms with E-state index in [1.54, 1.807) is 0 Å². The molecule has 0 aromatic carbocycles. The molecule has 2 aliphatic carbocycles. The smallest absolute Gasteiger partial charge is 0.218 e. The molecule has 88 valence electrons. The predicted octanol–water partition coefficient (Wildman–Crippen LogP) is 0.797. The predicted molar refractivity (Wildman–Crippen MR) is 60.3 cm³/mol. The number of amides is 2. The van der Waals surface area contributed by atoms with Crippen molar-refractivity contribution in [1.29, 1.82) is 0 Å². The first kappa shape index (κ1) is 11.2. The van der Waals surface area contributed by atoms with Gasteiger partial charge in [0.1, 0.15) is 6.17 Å². The molecule has 3 atom stereocenters. The maximum atomic E-state index is 11.1. The second-order valence-corrected chi connectivity index (χ2v) is 4.82. The summed E-state index contributed by atoms with van der Waals surface area (Å²) in [5, 5.41) is 5.67. The van der Waals surface area contributed by atoms with Crippen LogP contribution in [0.3, 0.4) is 0 Å².